The number of allylic oxidation sites excluding steroid dienone is 1. The predicted octanol–water partition coefficient (Wildman–Crippen LogP) is 6.48. The first-order chi connectivity index (χ1) is 29.9. The van der Waals surface area contributed by atoms with E-state index in [2.05, 4.69) is 21.3 Å². The number of thiazole rings is 1. The fourth-order valence-electron chi connectivity index (χ4n) is 8.25. The molecule has 0 unspecified atom stereocenters. The maximum absolute atomic E-state index is 15.0. The first-order valence-corrected chi connectivity index (χ1v) is 23.4. The molecule has 63 heavy (non-hydrogen) atoms. The van der Waals surface area contributed by atoms with E-state index in [-0.39, 0.29) is 61.4 Å². The normalized spacial score (nSPS) is 21.6. The SMILES string of the molecule is C=C[C@@H]1C[C@]1(CC(=O)[C@@H]1C[C@@H](Oc2nc(-c3ccc(OC(C)C)cc3)nc3c2oc2cccnc23)CN1C(=O)[C@@H](Cc1nc(C(=O)OC)cs1)C(C)(C)C)C(=O)NS(=O)(=O)C1CC1. The van der Waals surface area contributed by atoms with Crippen LogP contribution in [0.3, 0.4) is 0 Å². The Morgan fingerprint density at radius 1 is 1.08 bits per heavy atom. The Morgan fingerprint density at radius 3 is 2.48 bits per heavy atom. The Morgan fingerprint density at radius 2 is 1.83 bits per heavy atom. The molecule has 2 amide bonds. The number of rotatable bonds is 16. The summed E-state index contributed by atoms with van der Waals surface area (Å²) in [5, 5.41) is 1.48. The molecule has 2 saturated carbocycles. The largest absolute Gasteiger partial charge is 0.491 e. The topological polar surface area (TPSA) is 210 Å². The van der Waals surface area contributed by atoms with Gasteiger partial charge in [0.05, 0.1) is 41.5 Å². The number of ether oxygens (including phenoxy) is 3. The van der Waals surface area contributed by atoms with Crippen molar-refractivity contribution < 1.29 is 46.2 Å². The first-order valence-electron chi connectivity index (χ1n) is 20.9. The second kappa shape index (κ2) is 16.7. The van der Waals surface area contributed by atoms with Crippen molar-refractivity contribution in [1.82, 2.24) is 29.6 Å². The number of carbonyl (C=O) groups is 4. The average Bonchev–Trinajstić information content (AvgIpc) is 4.07. The number of esters is 1. The molecule has 332 valence electrons. The average molecular weight is 899 g/mol. The molecule has 1 aliphatic heterocycles. The fourth-order valence-corrected chi connectivity index (χ4v) is 10.4. The number of ketones is 1. The van der Waals surface area contributed by atoms with Gasteiger partial charge in [0.15, 0.2) is 22.9 Å². The number of furan rings is 1. The zero-order chi connectivity index (χ0) is 45.0. The molecule has 3 fully saturated rings. The molecule has 1 aromatic carbocycles. The van der Waals surface area contributed by atoms with E-state index >= 15 is 4.79 Å². The lowest BCUT2D eigenvalue weighted by Crippen LogP contribution is -2.48. The Balaban J connectivity index is 1.14. The Kier molecular flexibility index (Phi) is 11.7. The standard InChI is InChI=1S/C45H50N6O10S2/c1-8-26-20-45(26,43(55)50-63(56,57)29-15-16-29)21-33(52)32-18-28(22-51(32)41(53)30(44(4,5)6)19-35-47-31(23-62-35)42(54)58-7)60-40-38-37(36-34(61-38)10-9-17-46-36)48-39(49-40)25-11-13-27(14-12-25)59-24(2)3/h8-14,17,23-24,26,28-30,32H,1,15-16,18-22H2,2-7H3,(H,50,55)/t26-,28-,30-,32+,45-/m1/s1. The van der Waals surface area contributed by atoms with E-state index in [1.807, 2.05) is 58.9 Å². The lowest BCUT2D eigenvalue weighted by atomic mass is 9.77. The van der Waals surface area contributed by atoms with E-state index in [1.54, 1.807) is 29.8 Å². The smallest absolute Gasteiger partial charge is 0.357 e. The van der Waals surface area contributed by atoms with Gasteiger partial charge in [-0.2, -0.15) is 4.98 Å². The van der Waals surface area contributed by atoms with Crippen LogP contribution in [0.25, 0.3) is 33.6 Å². The number of fused-ring (bicyclic) bond motifs is 3. The van der Waals surface area contributed by atoms with Crippen LogP contribution in [0.1, 0.15) is 82.2 Å². The van der Waals surface area contributed by atoms with Crippen molar-refractivity contribution in [3.05, 3.63) is 71.3 Å². The second-order valence-electron chi connectivity index (χ2n) is 17.9. The van der Waals surface area contributed by atoms with Crippen LogP contribution in [-0.4, -0.2) is 94.0 Å². The maximum Gasteiger partial charge on any atom is 0.357 e. The fraction of sp³-hybridized carbons (Fsp3) is 0.467. The van der Waals surface area contributed by atoms with Crippen LogP contribution in [0.4, 0.5) is 0 Å². The second-order valence-corrected chi connectivity index (χ2v) is 20.8. The van der Waals surface area contributed by atoms with Gasteiger partial charge >= 0.3 is 5.97 Å². The molecule has 18 heteroatoms. The summed E-state index contributed by atoms with van der Waals surface area (Å²) >= 11 is 1.23. The third-order valence-corrected chi connectivity index (χ3v) is 14.6. The number of hydrogen-bond donors (Lipinski definition) is 1. The number of carbonyl (C=O) groups excluding carboxylic acids is 4. The molecule has 0 radical (unpaired) electrons. The summed E-state index contributed by atoms with van der Waals surface area (Å²) in [6.07, 6.45) is 3.42. The molecule has 3 aliphatic rings. The Hall–Kier alpha value is -5.75. The number of Topliss-reactive ketones (excluding diaryl/α,β-unsaturated/α-hetero) is 1. The van der Waals surface area contributed by atoms with Crippen molar-refractivity contribution in [3.63, 3.8) is 0 Å². The van der Waals surface area contributed by atoms with Crippen molar-refractivity contribution in [2.45, 2.75) is 96.6 Å². The van der Waals surface area contributed by atoms with E-state index in [0.29, 0.717) is 51.6 Å². The van der Waals surface area contributed by atoms with Crippen molar-refractivity contribution in [1.29, 1.82) is 0 Å². The number of hydrogen-bond acceptors (Lipinski definition) is 15. The molecule has 1 N–H and O–H groups in total. The number of nitrogens with zero attached hydrogens (tertiary/aromatic N) is 5. The highest BCUT2D eigenvalue weighted by molar-refractivity contribution is 7.90. The highest BCUT2D eigenvalue weighted by Gasteiger charge is 2.61. The van der Waals surface area contributed by atoms with Crippen LogP contribution < -0.4 is 14.2 Å². The number of benzene rings is 1. The minimum absolute atomic E-state index is 0.0234. The van der Waals surface area contributed by atoms with Gasteiger partial charge in [-0.25, -0.2) is 23.2 Å². The highest BCUT2D eigenvalue weighted by Crippen LogP contribution is 2.57. The zero-order valence-corrected chi connectivity index (χ0v) is 37.6. The molecule has 5 aromatic rings. The van der Waals surface area contributed by atoms with Crippen molar-refractivity contribution in [2.24, 2.45) is 22.7 Å². The molecule has 2 aliphatic carbocycles. The molecule has 8 rings (SSSR count). The molecule has 5 heterocycles. The van der Waals surface area contributed by atoms with Gasteiger partial charge in [-0.3, -0.25) is 24.1 Å². The molecular formula is C45H50N6O10S2. The van der Waals surface area contributed by atoms with Crippen molar-refractivity contribution in [3.8, 4) is 23.0 Å². The van der Waals surface area contributed by atoms with Gasteiger partial charge in [0.2, 0.25) is 27.4 Å². The summed E-state index contributed by atoms with van der Waals surface area (Å²) in [6.45, 7) is 13.4. The van der Waals surface area contributed by atoms with E-state index in [9.17, 15) is 22.8 Å². The molecule has 0 spiro atoms. The van der Waals surface area contributed by atoms with Gasteiger partial charge in [0.1, 0.15) is 22.9 Å². The van der Waals surface area contributed by atoms with Gasteiger partial charge in [0.25, 0.3) is 5.88 Å². The van der Waals surface area contributed by atoms with Crippen LogP contribution in [0.5, 0.6) is 11.6 Å². The lowest BCUT2D eigenvalue weighted by molar-refractivity contribution is -0.144. The summed E-state index contributed by atoms with van der Waals surface area (Å²) < 4.78 is 51.7. The number of nitrogens with one attached hydrogen (secondary N) is 1. The Bertz CT molecular complexity index is 2720. The number of methoxy groups -OCH3 is 1. The van der Waals surface area contributed by atoms with Crippen molar-refractivity contribution in [2.75, 3.05) is 13.7 Å². The summed E-state index contributed by atoms with van der Waals surface area (Å²) in [6, 6.07) is 9.76. The molecular weight excluding hydrogens is 849 g/mol. The minimum atomic E-state index is -3.90. The van der Waals surface area contributed by atoms with E-state index in [1.165, 1.54) is 23.3 Å². The third-order valence-electron chi connectivity index (χ3n) is 11.9. The van der Waals surface area contributed by atoms with E-state index in [4.69, 9.17) is 28.6 Å². The molecule has 5 atom stereocenters. The summed E-state index contributed by atoms with van der Waals surface area (Å²) in [5.74, 6) is -2.18. The van der Waals surface area contributed by atoms with Gasteiger partial charge in [-0.15, -0.1) is 17.9 Å². The third kappa shape index (κ3) is 8.92. The van der Waals surface area contributed by atoms with E-state index in [0.717, 1.165) is 0 Å². The highest BCUT2D eigenvalue weighted by atomic mass is 32.2. The lowest BCUT2D eigenvalue weighted by Gasteiger charge is -2.35. The molecule has 16 nitrogen and oxygen atoms in total. The zero-order valence-electron chi connectivity index (χ0n) is 36.0. The van der Waals surface area contributed by atoms with Gasteiger partial charge in [-0.05, 0) is 80.8 Å². The van der Waals surface area contributed by atoms with Gasteiger partial charge < -0.3 is 23.5 Å². The maximum atomic E-state index is 15.0. The van der Waals surface area contributed by atoms with Crippen LogP contribution in [0.2, 0.25) is 0 Å². The molecule has 0 bridgehead atoms. The predicted molar refractivity (Wildman–Crippen MR) is 233 cm³/mol. The molecule has 1 saturated heterocycles. The summed E-state index contributed by atoms with van der Waals surface area (Å²) in [5.41, 5.74) is 0.408. The number of aromatic nitrogens is 4. The quantitative estimate of drug-likeness (QED) is 0.0830. The monoisotopic (exact) mass is 898 g/mol. The number of sulfonamides is 1. The Labute approximate surface area is 368 Å². The number of amides is 2. The number of likely N-dealkylation sites (tertiary alicyclic amines) is 1. The van der Waals surface area contributed by atoms with Crippen LogP contribution in [0.15, 0.2) is 65.0 Å². The van der Waals surface area contributed by atoms with Gasteiger partial charge in [-0.1, -0.05) is 26.8 Å². The van der Waals surface area contributed by atoms with Crippen LogP contribution in [-0.2, 0) is 35.6 Å². The molecule has 4 aromatic heterocycles. The van der Waals surface area contributed by atoms with E-state index < -0.39 is 67.7 Å². The van der Waals surface area contributed by atoms with Crippen LogP contribution >= 0.6 is 11.3 Å². The minimum Gasteiger partial charge on any atom is -0.491 e. The summed E-state index contributed by atoms with van der Waals surface area (Å²) in [4.78, 5) is 76.0. The summed E-state index contributed by atoms with van der Waals surface area (Å²) in [7, 11) is -2.63. The van der Waals surface area contributed by atoms with Crippen LogP contribution in [0, 0.1) is 22.7 Å². The number of pyridine rings is 1. The first kappa shape index (κ1) is 43.9. The van der Waals surface area contributed by atoms with Gasteiger partial charge in [0, 0.05) is 42.3 Å². The van der Waals surface area contributed by atoms with Crippen molar-refractivity contribution >= 4 is 67.1 Å².